The molecule has 3 rings (SSSR count). The highest BCUT2D eigenvalue weighted by atomic mass is 35.5. The number of nitrogens with one attached hydrogen (secondary N) is 1. The topological polar surface area (TPSA) is 46.9 Å². The van der Waals surface area contributed by atoms with Crippen molar-refractivity contribution in [2.75, 3.05) is 0 Å². The number of carbonyl (C=O) groups is 1. The van der Waals surface area contributed by atoms with Crippen molar-refractivity contribution in [2.45, 2.75) is 19.8 Å². The molecule has 1 amide bonds. The van der Waals surface area contributed by atoms with Crippen LogP contribution in [-0.4, -0.2) is 15.5 Å². The van der Waals surface area contributed by atoms with E-state index in [4.69, 9.17) is 0 Å². The molecule has 0 unspecified atom stereocenters. The summed E-state index contributed by atoms with van der Waals surface area (Å²) >= 11 is 0. The van der Waals surface area contributed by atoms with Crippen LogP contribution < -0.4 is 5.32 Å². The van der Waals surface area contributed by atoms with Gasteiger partial charge in [-0.1, -0.05) is 12.1 Å². The minimum absolute atomic E-state index is 0. The molecule has 104 valence electrons. The molecule has 1 aliphatic rings. The SMILES string of the molecule is CC1=C(c2ccc(-n3ccnc3)cc2)CCC(=O)N1.Cl. The van der Waals surface area contributed by atoms with E-state index in [1.165, 1.54) is 11.1 Å². The summed E-state index contributed by atoms with van der Waals surface area (Å²) in [6.07, 6.45) is 6.83. The molecule has 0 radical (unpaired) electrons. The number of aromatic nitrogens is 2. The van der Waals surface area contributed by atoms with Crippen molar-refractivity contribution in [1.82, 2.24) is 14.9 Å². The zero-order valence-electron chi connectivity index (χ0n) is 11.2. The predicted octanol–water partition coefficient (Wildman–Crippen LogP) is 2.94. The Morgan fingerprint density at radius 2 is 1.95 bits per heavy atom. The molecule has 20 heavy (non-hydrogen) atoms. The highest BCUT2D eigenvalue weighted by molar-refractivity contribution is 5.86. The van der Waals surface area contributed by atoms with Gasteiger partial charge in [-0.25, -0.2) is 4.98 Å². The molecule has 2 heterocycles. The van der Waals surface area contributed by atoms with Crippen molar-refractivity contribution >= 4 is 23.9 Å². The number of hydrogen-bond donors (Lipinski definition) is 1. The number of benzene rings is 1. The Hall–Kier alpha value is -2.07. The van der Waals surface area contributed by atoms with Crippen LogP contribution in [0.1, 0.15) is 25.3 Å². The summed E-state index contributed by atoms with van der Waals surface area (Å²) in [5.74, 6) is 0.108. The second-order valence-corrected chi connectivity index (χ2v) is 4.67. The van der Waals surface area contributed by atoms with Gasteiger partial charge in [-0.2, -0.15) is 0 Å². The molecule has 0 spiro atoms. The van der Waals surface area contributed by atoms with E-state index in [0.29, 0.717) is 6.42 Å². The van der Waals surface area contributed by atoms with Crippen LogP contribution in [-0.2, 0) is 4.79 Å². The molecule has 1 aromatic heterocycles. The number of nitrogens with zero attached hydrogens (tertiary/aromatic N) is 2. The zero-order chi connectivity index (χ0) is 13.2. The Morgan fingerprint density at radius 1 is 1.20 bits per heavy atom. The summed E-state index contributed by atoms with van der Waals surface area (Å²) in [4.78, 5) is 15.3. The fourth-order valence-electron chi connectivity index (χ4n) is 2.38. The lowest BCUT2D eigenvalue weighted by molar-refractivity contribution is -0.120. The predicted molar refractivity (Wildman–Crippen MR) is 80.8 cm³/mol. The molecule has 0 fully saturated rings. The Labute approximate surface area is 123 Å². The van der Waals surface area contributed by atoms with Crippen LogP contribution in [0.4, 0.5) is 0 Å². The molecule has 1 aromatic carbocycles. The molecule has 4 nitrogen and oxygen atoms in total. The van der Waals surface area contributed by atoms with Gasteiger partial charge in [0.25, 0.3) is 0 Å². The van der Waals surface area contributed by atoms with Gasteiger partial charge in [0.1, 0.15) is 0 Å². The third kappa shape index (κ3) is 2.75. The maximum Gasteiger partial charge on any atom is 0.224 e. The first-order valence-corrected chi connectivity index (χ1v) is 6.32. The van der Waals surface area contributed by atoms with E-state index in [0.717, 1.165) is 17.8 Å². The van der Waals surface area contributed by atoms with Crippen LogP contribution in [0, 0.1) is 0 Å². The van der Waals surface area contributed by atoms with Gasteiger partial charge in [0, 0.05) is 30.2 Å². The minimum atomic E-state index is 0. The lowest BCUT2D eigenvalue weighted by Gasteiger charge is -2.19. The van der Waals surface area contributed by atoms with Crippen molar-refractivity contribution in [3.8, 4) is 5.69 Å². The van der Waals surface area contributed by atoms with Crippen LogP contribution in [0.2, 0.25) is 0 Å². The minimum Gasteiger partial charge on any atom is -0.330 e. The van der Waals surface area contributed by atoms with Gasteiger partial charge in [0.15, 0.2) is 0 Å². The Kier molecular flexibility index (Phi) is 4.25. The van der Waals surface area contributed by atoms with Crippen molar-refractivity contribution in [2.24, 2.45) is 0 Å². The molecule has 1 N–H and O–H groups in total. The number of carbonyl (C=O) groups excluding carboxylic acids is 1. The first kappa shape index (κ1) is 14.3. The third-order valence-corrected chi connectivity index (χ3v) is 3.40. The lowest BCUT2D eigenvalue weighted by atomic mass is 9.96. The number of rotatable bonds is 2. The molecular formula is C15H16ClN3O. The van der Waals surface area contributed by atoms with Gasteiger partial charge < -0.3 is 9.88 Å². The van der Waals surface area contributed by atoms with Gasteiger partial charge in [-0.15, -0.1) is 12.4 Å². The lowest BCUT2D eigenvalue weighted by Crippen LogP contribution is -2.26. The van der Waals surface area contributed by atoms with E-state index >= 15 is 0 Å². The molecule has 0 atom stereocenters. The largest absolute Gasteiger partial charge is 0.330 e. The van der Waals surface area contributed by atoms with Crippen LogP contribution in [0.3, 0.4) is 0 Å². The number of imidazole rings is 1. The van der Waals surface area contributed by atoms with E-state index in [9.17, 15) is 4.79 Å². The molecular weight excluding hydrogens is 274 g/mol. The zero-order valence-corrected chi connectivity index (χ0v) is 12.0. The maximum atomic E-state index is 11.3. The molecule has 5 heteroatoms. The molecule has 0 bridgehead atoms. The number of halogens is 1. The van der Waals surface area contributed by atoms with Gasteiger partial charge in [-0.3, -0.25) is 4.79 Å². The monoisotopic (exact) mass is 289 g/mol. The Balaban J connectivity index is 0.00000147. The molecule has 1 aliphatic heterocycles. The summed E-state index contributed by atoms with van der Waals surface area (Å²) in [5.41, 5.74) is 4.43. The average Bonchev–Trinajstić information content (AvgIpc) is 2.93. The van der Waals surface area contributed by atoms with Gasteiger partial charge in [0.05, 0.1) is 6.33 Å². The van der Waals surface area contributed by atoms with Gasteiger partial charge in [0.2, 0.25) is 5.91 Å². The Morgan fingerprint density at radius 3 is 2.55 bits per heavy atom. The number of amides is 1. The average molecular weight is 290 g/mol. The molecule has 0 aliphatic carbocycles. The summed E-state index contributed by atoms with van der Waals surface area (Å²) in [6, 6.07) is 8.30. The Bertz CT molecular complexity index is 630. The van der Waals surface area contributed by atoms with Crippen LogP contribution >= 0.6 is 12.4 Å². The van der Waals surface area contributed by atoms with Crippen LogP contribution in [0.5, 0.6) is 0 Å². The van der Waals surface area contributed by atoms with Crippen molar-refractivity contribution < 1.29 is 4.79 Å². The van der Waals surface area contributed by atoms with E-state index in [1.807, 2.05) is 17.7 Å². The number of allylic oxidation sites excluding steroid dienone is 2. The summed E-state index contributed by atoms with van der Waals surface area (Å²) in [7, 11) is 0. The van der Waals surface area contributed by atoms with E-state index in [1.54, 1.807) is 12.5 Å². The van der Waals surface area contributed by atoms with Crippen molar-refractivity contribution in [3.05, 3.63) is 54.2 Å². The standard InChI is InChI=1S/C15H15N3O.ClH/c1-11-14(6-7-15(19)17-11)12-2-4-13(5-3-12)18-9-8-16-10-18;/h2-5,8-10H,6-7H2,1H3,(H,17,19);1H. The normalized spacial score (nSPS) is 14.8. The summed E-state index contributed by atoms with van der Waals surface area (Å²) in [5, 5.41) is 2.90. The van der Waals surface area contributed by atoms with Crippen LogP contribution in [0.15, 0.2) is 48.7 Å². The fourth-order valence-corrected chi connectivity index (χ4v) is 2.38. The highest BCUT2D eigenvalue weighted by Gasteiger charge is 2.15. The highest BCUT2D eigenvalue weighted by Crippen LogP contribution is 2.26. The van der Waals surface area contributed by atoms with Crippen molar-refractivity contribution in [3.63, 3.8) is 0 Å². The molecule has 0 saturated carbocycles. The molecule has 2 aromatic rings. The second kappa shape index (κ2) is 5.92. The van der Waals surface area contributed by atoms with Gasteiger partial charge >= 0.3 is 0 Å². The second-order valence-electron chi connectivity index (χ2n) is 4.67. The number of hydrogen-bond acceptors (Lipinski definition) is 2. The quantitative estimate of drug-likeness (QED) is 0.924. The van der Waals surface area contributed by atoms with E-state index in [-0.39, 0.29) is 18.3 Å². The summed E-state index contributed by atoms with van der Waals surface area (Å²) < 4.78 is 1.97. The van der Waals surface area contributed by atoms with E-state index < -0.39 is 0 Å². The third-order valence-electron chi connectivity index (χ3n) is 3.40. The first-order valence-electron chi connectivity index (χ1n) is 6.32. The van der Waals surface area contributed by atoms with E-state index in [2.05, 4.69) is 34.6 Å². The van der Waals surface area contributed by atoms with Crippen molar-refractivity contribution in [1.29, 1.82) is 0 Å². The summed E-state index contributed by atoms with van der Waals surface area (Å²) in [6.45, 7) is 1.95. The van der Waals surface area contributed by atoms with Crippen LogP contribution in [0.25, 0.3) is 11.3 Å². The first-order chi connectivity index (χ1) is 9.24. The fraction of sp³-hybridized carbons (Fsp3) is 0.200. The maximum absolute atomic E-state index is 11.3. The molecule has 0 saturated heterocycles. The smallest absolute Gasteiger partial charge is 0.224 e. The van der Waals surface area contributed by atoms with Gasteiger partial charge in [-0.05, 0) is 36.6 Å².